The van der Waals surface area contributed by atoms with Crippen LogP contribution in [0, 0.1) is 0 Å². The van der Waals surface area contributed by atoms with Crippen LogP contribution in [0.25, 0.3) is 0 Å². The first-order chi connectivity index (χ1) is 8.16. The SMILES string of the molecule is CC(NC(=O)c1cccc(N)c1)C1CCCO1.Cl. The third-order valence-corrected chi connectivity index (χ3v) is 3.03. The molecule has 2 rings (SSSR count). The van der Waals surface area contributed by atoms with Gasteiger partial charge in [0.25, 0.3) is 5.91 Å². The Balaban J connectivity index is 0.00000162. The number of anilines is 1. The third kappa shape index (κ3) is 3.62. The van der Waals surface area contributed by atoms with Crippen molar-refractivity contribution in [1.82, 2.24) is 5.32 Å². The minimum atomic E-state index is -0.0969. The molecule has 2 atom stereocenters. The molecule has 0 aliphatic carbocycles. The molecular formula is C13H19ClN2O2. The van der Waals surface area contributed by atoms with Gasteiger partial charge in [0.1, 0.15) is 0 Å². The van der Waals surface area contributed by atoms with E-state index in [1.54, 1.807) is 24.3 Å². The van der Waals surface area contributed by atoms with E-state index in [-0.39, 0.29) is 30.5 Å². The van der Waals surface area contributed by atoms with Gasteiger partial charge in [-0.2, -0.15) is 0 Å². The number of nitrogens with two attached hydrogens (primary N) is 1. The minimum Gasteiger partial charge on any atom is -0.399 e. The smallest absolute Gasteiger partial charge is 0.251 e. The lowest BCUT2D eigenvalue weighted by molar-refractivity contribution is 0.0712. The van der Waals surface area contributed by atoms with Crippen molar-refractivity contribution in [3.05, 3.63) is 29.8 Å². The first-order valence-corrected chi connectivity index (χ1v) is 5.95. The predicted octanol–water partition coefficient (Wildman–Crippen LogP) is 1.99. The summed E-state index contributed by atoms with van der Waals surface area (Å²) in [5.41, 5.74) is 6.84. The Morgan fingerprint density at radius 1 is 1.56 bits per heavy atom. The van der Waals surface area contributed by atoms with Crippen LogP contribution >= 0.6 is 12.4 Å². The second-order valence-corrected chi connectivity index (χ2v) is 4.44. The van der Waals surface area contributed by atoms with Gasteiger partial charge >= 0.3 is 0 Å². The van der Waals surface area contributed by atoms with E-state index in [0.29, 0.717) is 11.3 Å². The fourth-order valence-corrected chi connectivity index (χ4v) is 2.06. The second kappa shape index (κ2) is 6.61. The number of rotatable bonds is 3. The van der Waals surface area contributed by atoms with E-state index in [4.69, 9.17) is 10.5 Å². The number of halogens is 1. The van der Waals surface area contributed by atoms with E-state index in [1.807, 2.05) is 6.92 Å². The Kier molecular flexibility index (Phi) is 5.44. The van der Waals surface area contributed by atoms with Gasteiger partial charge in [0.05, 0.1) is 12.1 Å². The van der Waals surface area contributed by atoms with Crippen molar-refractivity contribution < 1.29 is 9.53 Å². The molecule has 0 aromatic heterocycles. The monoisotopic (exact) mass is 270 g/mol. The van der Waals surface area contributed by atoms with Gasteiger partial charge in [0.15, 0.2) is 0 Å². The fraction of sp³-hybridized carbons (Fsp3) is 0.462. The van der Waals surface area contributed by atoms with Crippen molar-refractivity contribution in [2.75, 3.05) is 12.3 Å². The summed E-state index contributed by atoms with van der Waals surface area (Å²) in [6.07, 6.45) is 2.22. The number of benzene rings is 1. The van der Waals surface area contributed by atoms with E-state index >= 15 is 0 Å². The zero-order valence-corrected chi connectivity index (χ0v) is 11.2. The van der Waals surface area contributed by atoms with Gasteiger partial charge in [-0.25, -0.2) is 0 Å². The highest BCUT2D eigenvalue weighted by atomic mass is 35.5. The van der Waals surface area contributed by atoms with Gasteiger partial charge in [-0.3, -0.25) is 4.79 Å². The van der Waals surface area contributed by atoms with Crippen molar-refractivity contribution in [3.8, 4) is 0 Å². The molecule has 1 aliphatic heterocycles. The topological polar surface area (TPSA) is 64.4 Å². The van der Waals surface area contributed by atoms with Crippen LogP contribution in [-0.2, 0) is 4.74 Å². The molecule has 4 nitrogen and oxygen atoms in total. The number of amides is 1. The first kappa shape index (κ1) is 14.8. The second-order valence-electron chi connectivity index (χ2n) is 4.44. The van der Waals surface area contributed by atoms with Gasteiger partial charge in [0, 0.05) is 17.9 Å². The molecule has 1 heterocycles. The highest BCUT2D eigenvalue weighted by Gasteiger charge is 2.23. The van der Waals surface area contributed by atoms with Crippen molar-refractivity contribution in [3.63, 3.8) is 0 Å². The molecule has 0 radical (unpaired) electrons. The normalized spacial score (nSPS) is 19.9. The lowest BCUT2D eigenvalue weighted by Crippen LogP contribution is -2.40. The van der Waals surface area contributed by atoms with Crippen LogP contribution in [0.4, 0.5) is 5.69 Å². The van der Waals surface area contributed by atoms with Gasteiger partial charge in [0.2, 0.25) is 0 Å². The van der Waals surface area contributed by atoms with Gasteiger partial charge < -0.3 is 15.8 Å². The first-order valence-electron chi connectivity index (χ1n) is 5.95. The number of carbonyl (C=O) groups excluding carboxylic acids is 1. The Bertz CT molecular complexity index is 406. The number of nitrogens with one attached hydrogen (secondary N) is 1. The summed E-state index contributed by atoms with van der Waals surface area (Å²) in [4.78, 5) is 11.9. The Morgan fingerprint density at radius 2 is 2.33 bits per heavy atom. The van der Waals surface area contributed by atoms with Crippen molar-refractivity contribution in [2.24, 2.45) is 0 Å². The van der Waals surface area contributed by atoms with Crippen LogP contribution in [0.1, 0.15) is 30.1 Å². The summed E-state index contributed by atoms with van der Waals surface area (Å²) >= 11 is 0. The standard InChI is InChI=1S/C13H18N2O2.ClH/c1-9(12-6-3-7-17-12)15-13(16)10-4-2-5-11(14)8-10;/h2,4-5,8-9,12H,3,6-7,14H2,1H3,(H,15,16);1H. The molecule has 1 aromatic carbocycles. The molecule has 2 unspecified atom stereocenters. The molecule has 1 amide bonds. The molecule has 1 aliphatic rings. The molecule has 0 spiro atoms. The lowest BCUT2D eigenvalue weighted by Gasteiger charge is -2.20. The van der Waals surface area contributed by atoms with Crippen molar-refractivity contribution >= 4 is 24.0 Å². The summed E-state index contributed by atoms with van der Waals surface area (Å²) in [6, 6.07) is 7.01. The number of hydrogen-bond donors (Lipinski definition) is 2. The minimum absolute atomic E-state index is 0. The van der Waals surface area contributed by atoms with E-state index in [1.165, 1.54) is 0 Å². The Morgan fingerprint density at radius 3 is 2.94 bits per heavy atom. The highest BCUT2D eigenvalue weighted by molar-refractivity contribution is 5.95. The van der Waals surface area contributed by atoms with Crippen LogP contribution in [0.15, 0.2) is 24.3 Å². The molecule has 1 saturated heterocycles. The van der Waals surface area contributed by atoms with E-state index in [0.717, 1.165) is 19.4 Å². The van der Waals surface area contributed by atoms with Crippen LogP contribution in [0.3, 0.4) is 0 Å². The fourth-order valence-electron chi connectivity index (χ4n) is 2.06. The summed E-state index contributed by atoms with van der Waals surface area (Å²) < 4.78 is 5.54. The van der Waals surface area contributed by atoms with Crippen LogP contribution in [-0.4, -0.2) is 24.7 Å². The highest BCUT2D eigenvalue weighted by Crippen LogP contribution is 2.16. The van der Waals surface area contributed by atoms with Crippen molar-refractivity contribution in [2.45, 2.75) is 31.9 Å². The molecule has 1 aromatic rings. The Labute approximate surface area is 113 Å². The number of nitrogen functional groups attached to an aromatic ring is 1. The zero-order chi connectivity index (χ0) is 12.3. The molecule has 0 saturated carbocycles. The molecular weight excluding hydrogens is 252 g/mol. The maximum absolute atomic E-state index is 11.9. The molecule has 18 heavy (non-hydrogen) atoms. The summed E-state index contributed by atoms with van der Waals surface area (Å²) in [5, 5.41) is 2.95. The van der Waals surface area contributed by atoms with Gasteiger partial charge in [-0.1, -0.05) is 6.07 Å². The van der Waals surface area contributed by atoms with E-state index < -0.39 is 0 Å². The number of carbonyl (C=O) groups is 1. The van der Waals surface area contributed by atoms with Crippen LogP contribution in [0.2, 0.25) is 0 Å². The van der Waals surface area contributed by atoms with Crippen LogP contribution in [0.5, 0.6) is 0 Å². The largest absolute Gasteiger partial charge is 0.399 e. The molecule has 100 valence electrons. The summed E-state index contributed by atoms with van der Waals surface area (Å²) in [5.74, 6) is -0.0969. The van der Waals surface area contributed by atoms with Gasteiger partial charge in [-0.15, -0.1) is 12.4 Å². The van der Waals surface area contributed by atoms with E-state index in [9.17, 15) is 4.79 Å². The summed E-state index contributed by atoms with van der Waals surface area (Å²) in [7, 11) is 0. The quantitative estimate of drug-likeness (QED) is 0.826. The van der Waals surface area contributed by atoms with E-state index in [2.05, 4.69) is 5.32 Å². The average Bonchev–Trinajstić information content (AvgIpc) is 2.82. The maximum atomic E-state index is 11.9. The molecule has 0 bridgehead atoms. The third-order valence-electron chi connectivity index (χ3n) is 3.03. The van der Waals surface area contributed by atoms with Gasteiger partial charge in [-0.05, 0) is 38.0 Å². The lowest BCUT2D eigenvalue weighted by atomic mass is 10.1. The number of hydrogen-bond acceptors (Lipinski definition) is 3. The number of ether oxygens (including phenoxy) is 1. The molecule has 5 heteroatoms. The average molecular weight is 271 g/mol. The van der Waals surface area contributed by atoms with Crippen molar-refractivity contribution in [1.29, 1.82) is 0 Å². The molecule has 3 N–H and O–H groups in total. The van der Waals surface area contributed by atoms with Crippen LogP contribution < -0.4 is 11.1 Å². The molecule has 1 fully saturated rings. The Hall–Kier alpha value is -1.26. The summed E-state index contributed by atoms with van der Waals surface area (Å²) in [6.45, 7) is 2.77. The maximum Gasteiger partial charge on any atom is 0.251 e. The zero-order valence-electron chi connectivity index (χ0n) is 10.4. The predicted molar refractivity (Wildman–Crippen MR) is 74.0 cm³/mol.